The highest BCUT2D eigenvalue weighted by atomic mass is 16.2. The lowest BCUT2D eigenvalue weighted by Crippen LogP contribution is -2.24. The second-order valence-electron chi connectivity index (χ2n) is 6.52. The number of benzene rings is 2. The fraction of sp³-hybridized carbons (Fsp3) is 0.238. The number of aliphatic imine (C=N–C) groups is 1. The van der Waals surface area contributed by atoms with Gasteiger partial charge in [0.25, 0.3) is 5.91 Å². The van der Waals surface area contributed by atoms with E-state index in [1.54, 1.807) is 0 Å². The lowest BCUT2D eigenvalue weighted by Gasteiger charge is -2.11. The Hall–Kier alpha value is -2.88. The topological polar surface area (TPSA) is 44.7 Å². The SMILES string of the molecule is Cc1cccc(CCC2=N/C(=C/c3ccc(N(C)C)cc3)C(=O)N2)c1. The molecule has 0 unspecified atom stereocenters. The molecule has 0 saturated heterocycles. The van der Waals surface area contributed by atoms with E-state index in [0.717, 1.165) is 29.9 Å². The van der Waals surface area contributed by atoms with Crippen LogP contribution in [0.1, 0.15) is 23.1 Å². The Labute approximate surface area is 148 Å². The van der Waals surface area contributed by atoms with Crippen LogP contribution < -0.4 is 10.2 Å². The van der Waals surface area contributed by atoms with Crippen molar-refractivity contribution < 1.29 is 4.79 Å². The second-order valence-corrected chi connectivity index (χ2v) is 6.52. The number of amides is 1. The molecular weight excluding hydrogens is 310 g/mol. The van der Waals surface area contributed by atoms with E-state index in [2.05, 4.69) is 41.5 Å². The summed E-state index contributed by atoms with van der Waals surface area (Å²) in [7, 11) is 4.01. The van der Waals surface area contributed by atoms with Crippen LogP contribution in [-0.2, 0) is 11.2 Å². The highest BCUT2D eigenvalue weighted by Gasteiger charge is 2.19. The molecule has 1 N–H and O–H groups in total. The molecule has 0 atom stereocenters. The third-order valence-corrected chi connectivity index (χ3v) is 4.19. The van der Waals surface area contributed by atoms with Crippen LogP contribution in [-0.4, -0.2) is 25.8 Å². The zero-order valence-corrected chi connectivity index (χ0v) is 14.9. The van der Waals surface area contributed by atoms with E-state index in [4.69, 9.17) is 0 Å². The van der Waals surface area contributed by atoms with Crippen LogP contribution in [0.2, 0.25) is 0 Å². The molecule has 4 heteroatoms. The van der Waals surface area contributed by atoms with E-state index in [1.165, 1.54) is 11.1 Å². The summed E-state index contributed by atoms with van der Waals surface area (Å²) in [5.74, 6) is 0.610. The molecule has 1 aliphatic heterocycles. The van der Waals surface area contributed by atoms with Crippen LogP contribution in [0.4, 0.5) is 5.69 Å². The van der Waals surface area contributed by atoms with Crippen molar-refractivity contribution in [2.24, 2.45) is 4.99 Å². The van der Waals surface area contributed by atoms with Gasteiger partial charge < -0.3 is 10.2 Å². The summed E-state index contributed by atoms with van der Waals surface area (Å²) >= 11 is 0. The first kappa shape index (κ1) is 17.0. The quantitative estimate of drug-likeness (QED) is 0.850. The number of nitrogens with one attached hydrogen (secondary N) is 1. The van der Waals surface area contributed by atoms with E-state index in [-0.39, 0.29) is 5.91 Å². The van der Waals surface area contributed by atoms with Crippen LogP contribution in [0.15, 0.2) is 59.2 Å². The predicted molar refractivity (Wildman–Crippen MR) is 104 cm³/mol. The van der Waals surface area contributed by atoms with Gasteiger partial charge in [-0.3, -0.25) is 4.79 Å². The van der Waals surface area contributed by atoms with Crippen LogP contribution in [0.5, 0.6) is 0 Å². The molecule has 0 aromatic heterocycles. The minimum Gasteiger partial charge on any atom is -0.378 e. The molecule has 0 radical (unpaired) electrons. The molecule has 0 fully saturated rings. The van der Waals surface area contributed by atoms with Crippen LogP contribution >= 0.6 is 0 Å². The minimum atomic E-state index is -0.129. The Bertz CT molecular complexity index is 832. The summed E-state index contributed by atoms with van der Waals surface area (Å²) in [5, 5.41) is 2.87. The first-order chi connectivity index (χ1) is 12.0. The van der Waals surface area contributed by atoms with Crippen molar-refractivity contribution in [3.8, 4) is 0 Å². The van der Waals surface area contributed by atoms with Crippen LogP contribution in [0, 0.1) is 6.92 Å². The number of amidine groups is 1. The molecule has 1 amide bonds. The Morgan fingerprint density at radius 2 is 1.84 bits per heavy atom. The van der Waals surface area contributed by atoms with Gasteiger partial charge in [-0.25, -0.2) is 4.99 Å². The zero-order valence-electron chi connectivity index (χ0n) is 14.9. The molecular formula is C21H23N3O. The number of hydrogen-bond acceptors (Lipinski definition) is 3. The Morgan fingerprint density at radius 3 is 2.52 bits per heavy atom. The first-order valence-corrected chi connectivity index (χ1v) is 8.45. The number of rotatable bonds is 5. The van der Waals surface area contributed by atoms with Crippen molar-refractivity contribution in [2.45, 2.75) is 19.8 Å². The highest BCUT2D eigenvalue weighted by molar-refractivity contribution is 6.14. The summed E-state index contributed by atoms with van der Waals surface area (Å²) in [4.78, 5) is 18.6. The molecule has 0 bridgehead atoms. The Kier molecular flexibility index (Phi) is 4.98. The Morgan fingerprint density at radius 1 is 1.08 bits per heavy atom. The fourth-order valence-corrected chi connectivity index (χ4v) is 2.79. The van der Waals surface area contributed by atoms with Crippen LogP contribution in [0.3, 0.4) is 0 Å². The van der Waals surface area contributed by atoms with Gasteiger partial charge >= 0.3 is 0 Å². The third kappa shape index (κ3) is 4.35. The van der Waals surface area contributed by atoms with Gasteiger partial charge in [0.2, 0.25) is 0 Å². The van der Waals surface area contributed by atoms with Crippen molar-refractivity contribution in [2.75, 3.05) is 19.0 Å². The maximum atomic E-state index is 12.1. The molecule has 25 heavy (non-hydrogen) atoms. The van der Waals surface area contributed by atoms with Gasteiger partial charge in [-0.2, -0.15) is 0 Å². The average Bonchev–Trinajstić information content (AvgIpc) is 2.93. The molecule has 3 rings (SSSR count). The zero-order chi connectivity index (χ0) is 17.8. The highest BCUT2D eigenvalue weighted by Crippen LogP contribution is 2.17. The van der Waals surface area contributed by atoms with Gasteiger partial charge in [0, 0.05) is 26.2 Å². The standard InChI is InChI=1S/C21H23N3O/c1-15-5-4-6-16(13-15)9-12-20-22-19(21(25)23-20)14-17-7-10-18(11-8-17)24(2)3/h4-8,10-11,13-14H,9,12H2,1-3H3,(H,22,23,25)/b19-14+. The lowest BCUT2D eigenvalue weighted by molar-refractivity contribution is -0.115. The van der Waals surface area contributed by atoms with Gasteiger partial charge in [-0.05, 0) is 42.7 Å². The maximum Gasteiger partial charge on any atom is 0.275 e. The molecule has 0 aliphatic carbocycles. The Balaban J connectivity index is 1.69. The molecule has 4 nitrogen and oxygen atoms in total. The second kappa shape index (κ2) is 7.34. The van der Waals surface area contributed by atoms with Gasteiger partial charge in [-0.1, -0.05) is 42.0 Å². The van der Waals surface area contributed by atoms with E-state index < -0.39 is 0 Å². The van der Waals surface area contributed by atoms with E-state index >= 15 is 0 Å². The van der Waals surface area contributed by atoms with E-state index in [1.807, 2.05) is 49.3 Å². The number of carbonyl (C=O) groups excluding carboxylic acids is 1. The van der Waals surface area contributed by atoms with Gasteiger partial charge in [0.1, 0.15) is 11.5 Å². The van der Waals surface area contributed by atoms with Gasteiger partial charge in [0.05, 0.1) is 0 Å². The molecule has 0 saturated carbocycles. The minimum absolute atomic E-state index is 0.129. The van der Waals surface area contributed by atoms with Crippen molar-refractivity contribution in [1.29, 1.82) is 0 Å². The summed E-state index contributed by atoms with van der Waals surface area (Å²) < 4.78 is 0. The molecule has 1 heterocycles. The summed E-state index contributed by atoms with van der Waals surface area (Å²) in [6, 6.07) is 16.5. The van der Waals surface area contributed by atoms with Gasteiger partial charge in [0.15, 0.2) is 0 Å². The molecule has 1 aliphatic rings. The normalized spacial score (nSPS) is 15.2. The van der Waals surface area contributed by atoms with Crippen LogP contribution in [0.25, 0.3) is 6.08 Å². The predicted octanol–water partition coefficient (Wildman–Crippen LogP) is 3.56. The fourth-order valence-electron chi connectivity index (χ4n) is 2.79. The number of aryl methyl sites for hydroxylation is 2. The van der Waals surface area contributed by atoms with E-state index in [0.29, 0.717) is 5.70 Å². The average molecular weight is 333 g/mol. The first-order valence-electron chi connectivity index (χ1n) is 8.45. The van der Waals surface area contributed by atoms with E-state index in [9.17, 15) is 4.79 Å². The number of hydrogen-bond donors (Lipinski definition) is 1. The lowest BCUT2D eigenvalue weighted by atomic mass is 10.1. The molecule has 0 spiro atoms. The largest absolute Gasteiger partial charge is 0.378 e. The molecule has 2 aromatic rings. The van der Waals surface area contributed by atoms with Gasteiger partial charge in [-0.15, -0.1) is 0 Å². The van der Waals surface area contributed by atoms with Crippen molar-refractivity contribution in [3.05, 3.63) is 70.9 Å². The monoisotopic (exact) mass is 333 g/mol. The third-order valence-electron chi connectivity index (χ3n) is 4.19. The van der Waals surface area contributed by atoms with Crippen molar-refractivity contribution >= 4 is 23.5 Å². The molecule has 128 valence electrons. The number of anilines is 1. The summed E-state index contributed by atoms with van der Waals surface area (Å²) in [6.07, 6.45) is 3.42. The maximum absolute atomic E-state index is 12.1. The number of nitrogens with zero attached hydrogens (tertiary/aromatic N) is 2. The molecule has 2 aromatic carbocycles. The van der Waals surface area contributed by atoms with Crippen molar-refractivity contribution in [3.63, 3.8) is 0 Å². The summed E-state index contributed by atoms with van der Waals surface area (Å²) in [6.45, 7) is 2.08. The smallest absolute Gasteiger partial charge is 0.275 e. The van der Waals surface area contributed by atoms with Crippen molar-refractivity contribution in [1.82, 2.24) is 5.32 Å². The summed E-state index contributed by atoms with van der Waals surface area (Å²) in [5.41, 5.74) is 5.07. The number of carbonyl (C=O) groups is 1.